The van der Waals surface area contributed by atoms with Crippen LogP contribution in [0.5, 0.6) is 0 Å². The number of hydrogen-bond donors (Lipinski definition) is 2. The Morgan fingerprint density at radius 2 is 2.35 bits per heavy atom. The molecule has 1 saturated heterocycles. The lowest BCUT2D eigenvalue weighted by Crippen LogP contribution is -2.69. The van der Waals surface area contributed by atoms with Gasteiger partial charge in [-0.2, -0.15) is 5.10 Å². The van der Waals surface area contributed by atoms with Crippen molar-refractivity contribution >= 4 is 11.5 Å². The lowest BCUT2D eigenvalue weighted by Gasteiger charge is -2.52. The molecule has 3 N–H and O–H groups in total. The molecule has 3 rings (SSSR count). The van der Waals surface area contributed by atoms with E-state index in [1.165, 1.54) is 4.68 Å². The van der Waals surface area contributed by atoms with Crippen molar-refractivity contribution in [2.45, 2.75) is 38.0 Å². The van der Waals surface area contributed by atoms with Gasteiger partial charge >= 0.3 is 5.69 Å². The topological polar surface area (TPSA) is 108 Å². The van der Waals surface area contributed by atoms with Gasteiger partial charge < -0.3 is 15.8 Å². The molecule has 110 valence electrons. The predicted molar refractivity (Wildman–Crippen MR) is 72.4 cm³/mol. The molecule has 0 spiro atoms. The number of hydrogen-bond acceptors (Lipinski definition) is 6. The molecule has 8 nitrogen and oxygen atoms in total. The molecule has 4 atom stereocenters. The maximum Gasteiger partial charge on any atom is 0.333 e. The van der Waals surface area contributed by atoms with Gasteiger partial charge in [0.2, 0.25) is 5.82 Å². The van der Waals surface area contributed by atoms with Gasteiger partial charge in [0.1, 0.15) is 5.69 Å². The number of nitrogens with two attached hydrogens (primary N) is 1. The van der Waals surface area contributed by atoms with Crippen LogP contribution in [0, 0.1) is 23.0 Å². The maximum absolute atomic E-state index is 11.2. The molecule has 1 aromatic heterocycles. The van der Waals surface area contributed by atoms with Crippen molar-refractivity contribution in [3.63, 3.8) is 0 Å². The summed E-state index contributed by atoms with van der Waals surface area (Å²) >= 11 is 0. The van der Waals surface area contributed by atoms with Crippen LogP contribution in [0.3, 0.4) is 0 Å². The first kappa shape index (κ1) is 13.3. The Bertz CT molecular complexity index is 543. The maximum atomic E-state index is 11.2. The van der Waals surface area contributed by atoms with Crippen molar-refractivity contribution in [3.8, 4) is 0 Å². The van der Waals surface area contributed by atoms with E-state index in [0.29, 0.717) is 17.4 Å². The molecule has 0 bridgehead atoms. The molecule has 2 aliphatic rings. The fourth-order valence-corrected chi connectivity index (χ4v) is 3.31. The number of rotatable bonds is 3. The standard InChI is InChI=1S/C12H19N5O3/c1-6-10(17(18)19)12(16(2)15-6)14-9-8(13)7-4-3-5-20-11(7)9/h7-9,11,14H,3-5,13H2,1-2H3. The van der Waals surface area contributed by atoms with E-state index in [-0.39, 0.29) is 23.9 Å². The van der Waals surface area contributed by atoms with E-state index in [1.807, 2.05) is 0 Å². The molecular weight excluding hydrogens is 262 g/mol. The van der Waals surface area contributed by atoms with E-state index in [4.69, 9.17) is 10.5 Å². The van der Waals surface area contributed by atoms with Crippen LogP contribution in [-0.4, -0.2) is 39.5 Å². The summed E-state index contributed by atoms with van der Waals surface area (Å²) < 4.78 is 7.23. The normalized spacial score (nSPS) is 32.4. The van der Waals surface area contributed by atoms with Crippen molar-refractivity contribution in [3.05, 3.63) is 15.8 Å². The van der Waals surface area contributed by atoms with Crippen LogP contribution in [0.15, 0.2) is 0 Å². The molecule has 4 unspecified atom stereocenters. The second kappa shape index (κ2) is 4.71. The van der Waals surface area contributed by atoms with Gasteiger partial charge in [0, 0.05) is 25.6 Å². The van der Waals surface area contributed by atoms with E-state index in [0.717, 1.165) is 19.4 Å². The van der Waals surface area contributed by atoms with Crippen LogP contribution in [0.4, 0.5) is 11.5 Å². The van der Waals surface area contributed by atoms with E-state index in [2.05, 4.69) is 10.4 Å². The number of nitro groups is 1. The van der Waals surface area contributed by atoms with Gasteiger partial charge in [-0.15, -0.1) is 0 Å². The Morgan fingerprint density at radius 3 is 3.05 bits per heavy atom. The minimum atomic E-state index is -0.409. The van der Waals surface area contributed by atoms with Gasteiger partial charge in [-0.05, 0) is 19.8 Å². The second-order valence-electron chi connectivity index (χ2n) is 5.55. The number of ether oxygens (including phenoxy) is 1. The number of aromatic nitrogens is 2. The summed E-state index contributed by atoms with van der Waals surface area (Å²) in [4.78, 5) is 10.7. The number of aryl methyl sites for hydroxylation is 2. The minimum Gasteiger partial charge on any atom is -0.376 e. The first-order valence-electron chi connectivity index (χ1n) is 6.82. The summed E-state index contributed by atoms with van der Waals surface area (Å²) in [5.41, 5.74) is 6.58. The zero-order chi connectivity index (χ0) is 14.4. The fraction of sp³-hybridized carbons (Fsp3) is 0.750. The molecule has 2 heterocycles. The van der Waals surface area contributed by atoms with Crippen LogP contribution < -0.4 is 11.1 Å². The predicted octanol–water partition coefficient (Wildman–Crippen LogP) is 0.553. The molecular formula is C12H19N5O3. The van der Waals surface area contributed by atoms with Crippen molar-refractivity contribution in [2.75, 3.05) is 11.9 Å². The largest absolute Gasteiger partial charge is 0.376 e. The zero-order valence-electron chi connectivity index (χ0n) is 11.6. The van der Waals surface area contributed by atoms with Gasteiger partial charge in [-0.1, -0.05) is 0 Å². The minimum absolute atomic E-state index is 0.0129. The summed E-state index contributed by atoms with van der Waals surface area (Å²) in [6.07, 6.45) is 2.15. The van der Waals surface area contributed by atoms with E-state index >= 15 is 0 Å². The number of anilines is 1. The van der Waals surface area contributed by atoms with Crippen molar-refractivity contribution in [2.24, 2.45) is 18.7 Å². The Labute approximate surface area is 116 Å². The third-order valence-corrected chi connectivity index (χ3v) is 4.35. The number of fused-ring (bicyclic) bond motifs is 1. The Balaban J connectivity index is 1.83. The summed E-state index contributed by atoms with van der Waals surface area (Å²) in [6.45, 7) is 2.36. The molecule has 8 heteroatoms. The van der Waals surface area contributed by atoms with Gasteiger partial charge in [-0.25, -0.2) is 4.68 Å². The highest BCUT2D eigenvalue weighted by Gasteiger charge is 2.51. The molecule has 1 saturated carbocycles. The van der Waals surface area contributed by atoms with Crippen molar-refractivity contribution in [1.82, 2.24) is 9.78 Å². The van der Waals surface area contributed by atoms with Crippen LogP contribution in [0.2, 0.25) is 0 Å². The fourth-order valence-electron chi connectivity index (χ4n) is 3.31. The van der Waals surface area contributed by atoms with Crippen LogP contribution in [-0.2, 0) is 11.8 Å². The molecule has 1 aliphatic carbocycles. The lowest BCUT2D eigenvalue weighted by molar-refractivity contribution is -0.384. The zero-order valence-corrected chi connectivity index (χ0v) is 11.6. The molecule has 0 amide bonds. The van der Waals surface area contributed by atoms with Crippen LogP contribution in [0.1, 0.15) is 18.5 Å². The highest BCUT2D eigenvalue weighted by atomic mass is 16.6. The summed E-state index contributed by atoms with van der Waals surface area (Å²) in [5.74, 6) is 0.759. The first-order valence-corrected chi connectivity index (χ1v) is 6.82. The summed E-state index contributed by atoms with van der Waals surface area (Å²) in [7, 11) is 1.69. The third-order valence-electron chi connectivity index (χ3n) is 4.35. The van der Waals surface area contributed by atoms with Crippen LogP contribution >= 0.6 is 0 Å². The van der Waals surface area contributed by atoms with E-state index in [9.17, 15) is 10.1 Å². The van der Waals surface area contributed by atoms with Gasteiger partial charge in [0.15, 0.2) is 0 Å². The number of nitrogens with zero attached hydrogens (tertiary/aromatic N) is 3. The summed E-state index contributed by atoms with van der Waals surface area (Å²) in [6, 6.07) is -0.121. The Morgan fingerprint density at radius 1 is 1.60 bits per heavy atom. The lowest BCUT2D eigenvalue weighted by atomic mass is 9.68. The summed E-state index contributed by atoms with van der Waals surface area (Å²) in [5, 5.41) is 18.4. The van der Waals surface area contributed by atoms with Crippen LogP contribution in [0.25, 0.3) is 0 Å². The highest BCUT2D eigenvalue weighted by molar-refractivity contribution is 5.60. The SMILES string of the molecule is Cc1nn(C)c(NC2C(N)C3CCCOC32)c1[N+](=O)[O-]. The van der Waals surface area contributed by atoms with E-state index in [1.54, 1.807) is 14.0 Å². The molecule has 1 aliphatic heterocycles. The molecule has 0 radical (unpaired) electrons. The second-order valence-corrected chi connectivity index (χ2v) is 5.55. The highest BCUT2D eigenvalue weighted by Crippen LogP contribution is 2.40. The monoisotopic (exact) mass is 281 g/mol. The quantitative estimate of drug-likeness (QED) is 0.619. The van der Waals surface area contributed by atoms with Gasteiger partial charge in [-0.3, -0.25) is 10.1 Å². The molecule has 20 heavy (non-hydrogen) atoms. The number of nitrogens with one attached hydrogen (secondary N) is 1. The average Bonchev–Trinajstić information content (AvgIpc) is 2.69. The van der Waals surface area contributed by atoms with Gasteiger partial charge in [0.25, 0.3) is 0 Å². The van der Waals surface area contributed by atoms with E-state index < -0.39 is 4.92 Å². The van der Waals surface area contributed by atoms with Gasteiger partial charge in [0.05, 0.1) is 17.1 Å². The molecule has 1 aromatic rings. The third kappa shape index (κ3) is 1.87. The Hall–Kier alpha value is -1.67. The van der Waals surface area contributed by atoms with Crippen molar-refractivity contribution < 1.29 is 9.66 Å². The smallest absolute Gasteiger partial charge is 0.333 e. The molecule has 0 aromatic carbocycles. The first-order chi connectivity index (χ1) is 9.50. The average molecular weight is 281 g/mol. The van der Waals surface area contributed by atoms with Crippen molar-refractivity contribution in [1.29, 1.82) is 0 Å². The Kier molecular flexibility index (Phi) is 3.14. The molecule has 2 fully saturated rings.